The maximum atomic E-state index is 13.8. The molecular formula is C29H33F2N7O5S. The van der Waals surface area contributed by atoms with Crippen molar-refractivity contribution in [2.75, 3.05) is 61.5 Å². The molecule has 1 aromatic heterocycles. The topological polar surface area (TPSA) is 149 Å². The Labute approximate surface area is 253 Å². The molecule has 0 aliphatic carbocycles. The number of hydrogen-bond donors (Lipinski definition) is 4. The molecule has 0 spiro atoms. The predicted octanol–water partition coefficient (Wildman–Crippen LogP) is 2.46. The predicted molar refractivity (Wildman–Crippen MR) is 158 cm³/mol. The van der Waals surface area contributed by atoms with Crippen LogP contribution in [-0.4, -0.2) is 80.7 Å². The Morgan fingerprint density at radius 3 is 2.43 bits per heavy atom. The summed E-state index contributed by atoms with van der Waals surface area (Å²) in [5.41, 5.74) is 2.50. The lowest BCUT2D eigenvalue weighted by Gasteiger charge is -2.30. The van der Waals surface area contributed by atoms with Crippen molar-refractivity contribution in [3.63, 3.8) is 0 Å². The van der Waals surface area contributed by atoms with Gasteiger partial charge >= 0.3 is 0 Å². The molecule has 2 saturated heterocycles. The number of morpholine rings is 1. The first kappa shape index (κ1) is 30.1. The summed E-state index contributed by atoms with van der Waals surface area (Å²) < 4.78 is 60.6. The minimum Gasteiger partial charge on any atom is -0.378 e. The van der Waals surface area contributed by atoms with Crippen molar-refractivity contribution in [2.24, 2.45) is 5.92 Å². The Morgan fingerprint density at radius 2 is 1.70 bits per heavy atom. The van der Waals surface area contributed by atoms with E-state index in [9.17, 15) is 26.8 Å². The fourth-order valence-electron chi connectivity index (χ4n) is 5.75. The van der Waals surface area contributed by atoms with Gasteiger partial charge in [-0.2, -0.15) is 9.40 Å². The van der Waals surface area contributed by atoms with Gasteiger partial charge in [-0.1, -0.05) is 0 Å². The molecule has 4 heterocycles. The molecule has 44 heavy (non-hydrogen) atoms. The van der Waals surface area contributed by atoms with Gasteiger partial charge < -0.3 is 25.6 Å². The van der Waals surface area contributed by atoms with Crippen molar-refractivity contribution in [2.45, 2.75) is 30.7 Å². The smallest absolute Gasteiger partial charge is 0.258 e. The summed E-state index contributed by atoms with van der Waals surface area (Å²) >= 11 is 0. The maximum absolute atomic E-state index is 13.8. The molecule has 3 aromatic rings. The number of piperidine rings is 1. The van der Waals surface area contributed by atoms with Crippen molar-refractivity contribution in [1.29, 1.82) is 0 Å². The summed E-state index contributed by atoms with van der Waals surface area (Å²) in [4.78, 5) is 28.5. The number of ether oxygens (including phenoxy) is 1. The van der Waals surface area contributed by atoms with Crippen LogP contribution in [0.3, 0.4) is 0 Å². The maximum Gasteiger partial charge on any atom is 0.258 e. The Morgan fingerprint density at radius 1 is 0.977 bits per heavy atom. The highest BCUT2D eigenvalue weighted by molar-refractivity contribution is 7.89. The number of sulfonamides is 1. The number of aromatic amines is 1. The van der Waals surface area contributed by atoms with E-state index < -0.39 is 32.5 Å². The van der Waals surface area contributed by atoms with Crippen LogP contribution in [0.15, 0.2) is 41.3 Å². The third-order valence-electron chi connectivity index (χ3n) is 8.20. The number of fused-ring (bicyclic) bond motifs is 1. The number of nitrogens with one attached hydrogen (secondary N) is 4. The normalized spacial score (nSPS) is 18.1. The zero-order valence-corrected chi connectivity index (χ0v) is 24.7. The van der Waals surface area contributed by atoms with Gasteiger partial charge in [-0.25, -0.2) is 17.2 Å². The average molecular weight is 630 g/mol. The standard InChI is InChI=1S/C29H33F2N7O5S/c30-19-13-20(31)15-22(14-19)44(41,42)38-8-5-25-24(17-38)27(36-35-25)34-29(40)23-2-1-21(37-9-11-43-12-10-37)16-26(23)33-28(39)18-3-6-32-7-4-18/h1-2,13-16,18,32H,3-12,17H2,(H,33,39)(H2,34,35,36,40). The molecule has 12 nitrogen and oxygen atoms in total. The number of H-pyrrole nitrogens is 1. The van der Waals surface area contributed by atoms with Crippen LogP contribution in [0.4, 0.5) is 26.0 Å². The lowest BCUT2D eigenvalue weighted by Crippen LogP contribution is -2.37. The number of aromatic nitrogens is 2. The minimum atomic E-state index is -4.24. The number of carbonyl (C=O) groups excluding carboxylic acids is 2. The third-order valence-corrected chi connectivity index (χ3v) is 10.0. The Bertz CT molecular complexity index is 1650. The largest absolute Gasteiger partial charge is 0.378 e. The van der Waals surface area contributed by atoms with Gasteiger partial charge in [0.2, 0.25) is 15.9 Å². The number of benzene rings is 2. The number of amides is 2. The van der Waals surface area contributed by atoms with Crippen LogP contribution in [0, 0.1) is 17.6 Å². The number of nitrogens with zero attached hydrogens (tertiary/aromatic N) is 3. The monoisotopic (exact) mass is 629 g/mol. The summed E-state index contributed by atoms with van der Waals surface area (Å²) in [5, 5.41) is 16.1. The second kappa shape index (κ2) is 12.6. The van der Waals surface area contributed by atoms with Crippen molar-refractivity contribution < 1.29 is 31.5 Å². The van der Waals surface area contributed by atoms with Crippen LogP contribution in [0.2, 0.25) is 0 Å². The van der Waals surface area contributed by atoms with E-state index in [-0.39, 0.29) is 42.7 Å². The molecule has 0 atom stereocenters. The molecule has 3 aliphatic rings. The highest BCUT2D eigenvalue weighted by atomic mass is 32.2. The van der Waals surface area contributed by atoms with Crippen molar-refractivity contribution >= 4 is 39.0 Å². The zero-order valence-electron chi connectivity index (χ0n) is 23.9. The van der Waals surface area contributed by atoms with E-state index in [1.165, 1.54) is 0 Å². The van der Waals surface area contributed by atoms with E-state index in [0.29, 0.717) is 62.2 Å². The molecule has 4 N–H and O–H groups in total. The molecular weight excluding hydrogens is 596 g/mol. The number of hydrogen-bond acceptors (Lipinski definition) is 8. The quantitative estimate of drug-likeness (QED) is 0.312. The minimum absolute atomic E-state index is 0.0545. The van der Waals surface area contributed by atoms with Crippen LogP contribution < -0.4 is 20.9 Å². The molecule has 0 unspecified atom stereocenters. The highest BCUT2D eigenvalue weighted by Crippen LogP contribution is 2.31. The van der Waals surface area contributed by atoms with Gasteiger partial charge in [-0.3, -0.25) is 14.7 Å². The van der Waals surface area contributed by atoms with E-state index in [4.69, 9.17) is 4.74 Å². The first-order chi connectivity index (χ1) is 21.2. The summed E-state index contributed by atoms with van der Waals surface area (Å²) in [6.07, 6.45) is 1.64. The van der Waals surface area contributed by atoms with Gasteiger partial charge in [0.15, 0.2) is 5.82 Å². The second-order valence-corrected chi connectivity index (χ2v) is 13.0. The van der Waals surface area contributed by atoms with Crippen LogP contribution in [0.5, 0.6) is 0 Å². The van der Waals surface area contributed by atoms with Gasteiger partial charge in [0.25, 0.3) is 5.91 Å². The lowest BCUT2D eigenvalue weighted by atomic mass is 9.97. The van der Waals surface area contributed by atoms with Crippen LogP contribution in [0.25, 0.3) is 0 Å². The fourth-order valence-corrected chi connectivity index (χ4v) is 7.20. The van der Waals surface area contributed by atoms with Gasteiger partial charge in [-0.15, -0.1) is 0 Å². The molecule has 2 fully saturated rings. The molecule has 0 radical (unpaired) electrons. The van der Waals surface area contributed by atoms with Crippen LogP contribution >= 0.6 is 0 Å². The molecule has 3 aliphatic heterocycles. The summed E-state index contributed by atoms with van der Waals surface area (Å²) in [6.45, 7) is 3.86. The van der Waals surface area contributed by atoms with Gasteiger partial charge in [0, 0.05) is 61.5 Å². The highest BCUT2D eigenvalue weighted by Gasteiger charge is 2.33. The van der Waals surface area contributed by atoms with Crippen molar-refractivity contribution in [3.8, 4) is 0 Å². The number of rotatable bonds is 7. The van der Waals surface area contributed by atoms with E-state index in [1.54, 1.807) is 12.1 Å². The van der Waals surface area contributed by atoms with Gasteiger partial charge in [-0.05, 0) is 56.3 Å². The van der Waals surface area contributed by atoms with Crippen LogP contribution in [0.1, 0.15) is 34.5 Å². The average Bonchev–Trinajstić information content (AvgIpc) is 3.43. The summed E-state index contributed by atoms with van der Waals surface area (Å²) in [5.74, 6) is -2.76. The second-order valence-electron chi connectivity index (χ2n) is 11.0. The van der Waals surface area contributed by atoms with Crippen molar-refractivity contribution in [3.05, 3.63) is 64.9 Å². The molecule has 15 heteroatoms. The van der Waals surface area contributed by atoms with Crippen LogP contribution in [-0.2, 0) is 32.5 Å². The Hall–Kier alpha value is -3.92. The van der Waals surface area contributed by atoms with E-state index in [1.807, 2.05) is 6.07 Å². The molecule has 6 rings (SSSR count). The lowest BCUT2D eigenvalue weighted by molar-refractivity contribution is -0.120. The van der Waals surface area contributed by atoms with Gasteiger partial charge in [0.05, 0.1) is 29.4 Å². The summed E-state index contributed by atoms with van der Waals surface area (Å²) in [7, 11) is -4.24. The summed E-state index contributed by atoms with van der Waals surface area (Å²) in [6, 6.07) is 7.39. The first-order valence-corrected chi connectivity index (χ1v) is 15.9. The van der Waals surface area contributed by atoms with E-state index in [2.05, 4.69) is 31.0 Å². The Kier molecular flexibility index (Phi) is 8.62. The van der Waals surface area contributed by atoms with E-state index >= 15 is 0 Å². The number of anilines is 3. The number of halogens is 2. The SMILES string of the molecule is O=C(Nc1n[nH]c2c1CN(S(=O)(=O)c1cc(F)cc(F)c1)CC2)c1ccc(N2CCOCC2)cc1NC(=O)C1CCNCC1. The third kappa shape index (κ3) is 6.31. The molecule has 0 saturated carbocycles. The molecule has 0 bridgehead atoms. The van der Waals surface area contributed by atoms with E-state index in [0.717, 1.165) is 35.2 Å². The Balaban J connectivity index is 1.24. The number of carbonyl (C=O) groups is 2. The zero-order chi connectivity index (χ0) is 30.8. The van der Waals surface area contributed by atoms with Crippen molar-refractivity contribution in [1.82, 2.24) is 19.8 Å². The van der Waals surface area contributed by atoms with Gasteiger partial charge in [0.1, 0.15) is 11.6 Å². The molecule has 2 aromatic carbocycles. The molecule has 2 amide bonds. The fraction of sp³-hybridized carbons (Fsp3) is 0.414. The molecule has 234 valence electrons. The first-order valence-electron chi connectivity index (χ1n) is 14.5.